The molecule has 3 rings (SSSR count). The molecule has 0 spiro atoms. The molecule has 148 valence electrons. The van der Waals surface area contributed by atoms with E-state index >= 15 is 0 Å². The summed E-state index contributed by atoms with van der Waals surface area (Å²) in [5.74, 6) is 7.50. The number of para-hydroxylation sites is 1. The smallest absolute Gasteiger partial charge is 0.225 e. The van der Waals surface area contributed by atoms with Gasteiger partial charge in [-0.25, -0.2) is 4.68 Å². The fourth-order valence-electron chi connectivity index (χ4n) is 2.53. The number of halogens is 1. The SMILES string of the molecule is COc1ccccc1-c1nnc(SCCC(=O)Nc2ccc(C#N)c(Cl)c2)n1N. The predicted octanol–water partition coefficient (Wildman–Crippen LogP) is 3.31. The number of thioether (sulfide) groups is 1. The standard InChI is InChI=1S/C19H17ClN6O2S/c1-28-16-5-3-2-4-14(16)18-24-25-19(26(18)22)29-9-8-17(27)23-13-7-6-12(11-21)15(20)10-13/h2-7,10H,8-9,22H2,1H3,(H,23,27). The van der Waals surface area contributed by atoms with Crippen LogP contribution in [-0.4, -0.2) is 33.6 Å². The highest BCUT2D eigenvalue weighted by Gasteiger charge is 2.16. The maximum absolute atomic E-state index is 12.1. The van der Waals surface area contributed by atoms with E-state index in [1.165, 1.54) is 16.4 Å². The Morgan fingerprint density at radius 1 is 1.34 bits per heavy atom. The van der Waals surface area contributed by atoms with Crippen LogP contribution in [0, 0.1) is 11.3 Å². The van der Waals surface area contributed by atoms with E-state index in [2.05, 4.69) is 15.5 Å². The highest BCUT2D eigenvalue weighted by Crippen LogP contribution is 2.29. The molecule has 1 heterocycles. The van der Waals surface area contributed by atoms with Gasteiger partial charge in [0.1, 0.15) is 11.8 Å². The van der Waals surface area contributed by atoms with Gasteiger partial charge in [0.25, 0.3) is 0 Å². The minimum Gasteiger partial charge on any atom is -0.496 e. The van der Waals surface area contributed by atoms with Crippen molar-refractivity contribution in [1.29, 1.82) is 5.26 Å². The van der Waals surface area contributed by atoms with Crippen molar-refractivity contribution < 1.29 is 9.53 Å². The van der Waals surface area contributed by atoms with Crippen LogP contribution in [0.25, 0.3) is 11.4 Å². The Kier molecular flexibility index (Phi) is 6.59. The number of methoxy groups -OCH3 is 1. The molecule has 1 aromatic heterocycles. The number of nitriles is 1. The first-order valence-electron chi connectivity index (χ1n) is 8.49. The number of nitrogen functional groups attached to an aromatic ring is 1. The molecular formula is C19H17ClN6O2S. The number of nitrogens with zero attached hydrogens (tertiary/aromatic N) is 4. The van der Waals surface area contributed by atoms with Crippen LogP contribution < -0.4 is 15.9 Å². The van der Waals surface area contributed by atoms with Crippen LogP contribution in [-0.2, 0) is 4.79 Å². The van der Waals surface area contributed by atoms with Crippen molar-refractivity contribution in [1.82, 2.24) is 14.9 Å². The first kappa shape index (κ1) is 20.5. The molecule has 0 aliphatic rings. The van der Waals surface area contributed by atoms with Crippen LogP contribution in [0.5, 0.6) is 5.75 Å². The molecule has 2 aromatic carbocycles. The first-order valence-corrected chi connectivity index (χ1v) is 9.86. The van der Waals surface area contributed by atoms with Crippen LogP contribution in [0.15, 0.2) is 47.6 Å². The molecule has 8 nitrogen and oxygen atoms in total. The van der Waals surface area contributed by atoms with E-state index in [1.54, 1.807) is 25.3 Å². The third-order valence-electron chi connectivity index (χ3n) is 3.95. The van der Waals surface area contributed by atoms with E-state index in [9.17, 15) is 4.79 Å². The van der Waals surface area contributed by atoms with Crippen LogP contribution >= 0.6 is 23.4 Å². The summed E-state index contributed by atoms with van der Waals surface area (Å²) < 4.78 is 6.71. The van der Waals surface area contributed by atoms with Gasteiger partial charge < -0.3 is 15.9 Å². The van der Waals surface area contributed by atoms with Crippen LogP contribution in [0.1, 0.15) is 12.0 Å². The van der Waals surface area contributed by atoms with Crippen LogP contribution in [0.3, 0.4) is 0 Å². The molecular weight excluding hydrogens is 412 g/mol. The lowest BCUT2D eigenvalue weighted by molar-refractivity contribution is -0.115. The van der Waals surface area contributed by atoms with E-state index in [-0.39, 0.29) is 12.3 Å². The average Bonchev–Trinajstić information content (AvgIpc) is 3.08. The molecule has 0 aliphatic heterocycles. The summed E-state index contributed by atoms with van der Waals surface area (Å²) in [6.07, 6.45) is 0.235. The van der Waals surface area contributed by atoms with Crippen LogP contribution in [0.2, 0.25) is 5.02 Å². The van der Waals surface area contributed by atoms with Gasteiger partial charge in [0.2, 0.25) is 11.1 Å². The molecule has 0 atom stereocenters. The minimum atomic E-state index is -0.189. The zero-order valence-electron chi connectivity index (χ0n) is 15.4. The number of ether oxygens (including phenoxy) is 1. The number of nitrogens with two attached hydrogens (primary N) is 1. The number of anilines is 1. The Labute approximate surface area is 176 Å². The van der Waals surface area contributed by atoms with Gasteiger partial charge in [-0.05, 0) is 30.3 Å². The fraction of sp³-hybridized carbons (Fsp3) is 0.158. The summed E-state index contributed by atoms with van der Waals surface area (Å²) >= 11 is 7.29. The lowest BCUT2D eigenvalue weighted by Crippen LogP contribution is -2.14. The summed E-state index contributed by atoms with van der Waals surface area (Å²) in [7, 11) is 1.57. The second-order valence-corrected chi connectivity index (χ2v) is 7.30. The van der Waals surface area contributed by atoms with Crippen molar-refractivity contribution >= 4 is 35.0 Å². The zero-order chi connectivity index (χ0) is 20.8. The molecule has 0 saturated carbocycles. The average molecular weight is 429 g/mol. The normalized spacial score (nSPS) is 10.4. The van der Waals surface area contributed by atoms with Gasteiger partial charge in [-0.3, -0.25) is 4.79 Å². The van der Waals surface area contributed by atoms with Crippen molar-refractivity contribution in [2.75, 3.05) is 24.0 Å². The second-order valence-electron chi connectivity index (χ2n) is 5.83. The van der Waals surface area contributed by atoms with Crippen LogP contribution in [0.4, 0.5) is 5.69 Å². The third-order valence-corrected chi connectivity index (χ3v) is 5.20. The summed E-state index contributed by atoms with van der Waals surface area (Å²) in [4.78, 5) is 12.1. The first-order chi connectivity index (χ1) is 14.0. The summed E-state index contributed by atoms with van der Waals surface area (Å²) in [5, 5.41) is 20.6. The van der Waals surface area contributed by atoms with E-state index in [0.717, 1.165) is 5.56 Å². The minimum absolute atomic E-state index is 0.189. The largest absolute Gasteiger partial charge is 0.496 e. The number of aromatic nitrogens is 3. The molecule has 0 unspecified atom stereocenters. The monoisotopic (exact) mass is 428 g/mol. The highest BCUT2D eigenvalue weighted by atomic mass is 35.5. The number of carbonyl (C=O) groups excluding carboxylic acids is 1. The van der Waals surface area contributed by atoms with E-state index in [1.807, 2.05) is 30.3 Å². The summed E-state index contributed by atoms with van der Waals surface area (Å²) in [5.41, 5.74) is 1.62. The van der Waals surface area contributed by atoms with Gasteiger partial charge in [-0.15, -0.1) is 10.2 Å². The number of hydrogen-bond donors (Lipinski definition) is 2. The van der Waals surface area contributed by atoms with Crippen molar-refractivity contribution in [2.45, 2.75) is 11.6 Å². The molecule has 0 saturated heterocycles. The number of amides is 1. The number of nitrogens with one attached hydrogen (secondary N) is 1. The Morgan fingerprint density at radius 2 is 2.14 bits per heavy atom. The molecule has 1 amide bonds. The zero-order valence-corrected chi connectivity index (χ0v) is 17.0. The highest BCUT2D eigenvalue weighted by molar-refractivity contribution is 7.99. The van der Waals surface area contributed by atoms with Gasteiger partial charge in [0, 0.05) is 17.9 Å². The maximum Gasteiger partial charge on any atom is 0.225 e. The number of carbonyl (C=O) groups is 1. The Morgan fingerprint density at radius 3 is 2.86 bits per heavy atom. The Bertz CT molecular complexity index is 1080. The Hall–Kier alpha value is -3.22. The molecule has 0 bridgehead atoms. The van der Waals surface area contributed by atoms with Gasteiger partial charge in [-0.1, -0.05) is 35.5 Å². The van der Waals surface area contributed by atoms with E-state index in [4.69, 9.17) is 27.4 Å². The lowest BCUT2D eigenvalue weighted by atomic mass is 10.2. The summed E-state index contributed by atoms with van der Waals surface area (Å²) in [6, 6.07) is 14.1. The van der Waals surface area contributed by atoms with Crippen molar-refractivity contribution in [3.63, 3.8) is 0 Å². The predicted molar refractivity (Wildman–Crippen MR) is 112 cm³/mol. The lowest BCUT2D eigenvalue weighted by Gasteiger charge is -2.08. The maximum atomic E-state index is 12.1. The van der Waals surface area contributed by atoms with Gasteiger partial charge in [0.15, 0.2) is 5.82 Å². The number of rotatable bonds is 7. The molecule has 0 radical (unpaired) electrons. The molecule has 0 fully saturated rings. The van der Waals surface area contributed by atoms with E-state index in [0.29, 0.717) is 38.8 Å². The fourth-order valence-corrected chi connectivity index (χ4v) is 3.55. The molecule has 29 heavy (non-hydrogen) atoms. The topological polar surface area (TPSA) is 119 Å². The number of hydrogen-bond acceptors (Lipinski definition) is 7. The van der Waals surface area contributed by atoms with Gasteiger partial charge in [0.05, 0.1) is 23.3 Å². The van der Waals surface area contributed by atoms with Gasteiger partial charge >= 0.3 is 0 Å². The van der Waals surface area contributed by atoms with Crippen molar-refractivity contribution in [3.05, 3.63) is 53.1 Å². The molecule has 3 aromatic rings. The molecule has 0 aliphatic carbocycles. The molecule has 10 heteroatoms. The van der Waals surface area contributed by atoms with Crippen molar-refractivity contribution in [2.24, 2.45) is 0 Å². The van der Waals surface area contributed by atoms with Gasteiger partial charge in [-0.2, -0.15) is 5.26 Å². The van der Waals surface area contributed by atoms with E-state index < -0.39 is 0 Å². The quantitative estimate of drug-likeness (QED) is 0.437. The third kappa shape index (κ3) is 4.80. The second kappa shape index (κ2) is 9.32. The van der Waals surface area contributed by atoms with Crippen molar-refractivity contribution in [3.8, 4) is 23.2 Å². The summed E-state index contributed by atoms with van der Waals surface area (Å²) in [6.45, 7) is 0. The Balaban J connectivity index is 1.58. The number of benzene rings is 2. The molecule has 3 N–H and O–H groups in total.